The average Bonchev–Trinajstić information content (AvgIpc) is 2.34. The van der Waals surface area contributed by atoms with E-state index >= 15 is 0 Å². The predicted octanol–water partition coefficient (Wildman–Crippen LogP) is 20.2. The Morgan fingerprint density at radius 3 is 1.76 bits per heavy atom. The Bertz CT molecular complexity index is 3830. The van der Waals surface area contributed by atoms with Crippen LogP contribution in [0, 0.1) is 6.92 Å². The monoisotopic (exact) mass is 1090 g/mol. The second-order valence-electron chi connectivity index (χ2n) is 20.1. The van der Waals surface area contributed by atoms with E-state index in [2.05, 4.69) is 230 Å². The van der Waals surface area contributed by atoms with Crippen LogP contribution in [0.2, 0.25) is 0 Å². The SMILES string of the molecule is C/C=C(\NN)c1ccc(-c2ccccc2)cc1.C=C(C)/C=C\C=C/C.C=CCC.CC.Cc1cccc(-n2c3c(c4ccccc42)C=C(c2ccc4c(c2)c2c(n4-c4ccccc4)C=CC2)CC3)c1.NCc1ccc(-c2ccccc2)cc1. The Labute approximate surface area is 495 Å². The van der Waals surface area contributed by atoms with Crippen molar-refractivity contribution in [2.45, 2.75) is 80.7 Å². The Morgan fingerprint density at radius 1 is 0.614 bits per heavy atom. The van der Waals surface area contributed by atoms with Crippen molar-refractivity contribution in [2.75, 3.05) is 0 Å². The highest BCUT2D eigenvalue weighted by molar-refractivity contribution is 6.01. The molecule has 0 radical (unpaired) electrons. The molecule has 0 atom stereocenters. The van der Waals surface area contributed by atoms with E-state index in [1.807, 2.05) is 107 Å². The zero-order valence-electron chi connectivity index (χ0n) is 49.8. The van der Waals surface area contributed by atoms with Crippen molar-refractivity contribution in [1.29, 1.82) is 0 Å². The third-order valence-electron chi connectivity index (χ3n) is 14.3. The van der Waals surface area contributed by atoms with Crippen LogP contribution in [-0.2, 0) is 19.4 Å². The second-order valence-corrected chi connectivity index (χ2v) is 20.1. The molecule has 5 nitrogen and oxygen atoms in total. The lowest BCUT2D eigenvalue weighted by molar-refractivity contribution is 0.897. The number of fused-ring (bicyclic) bond motifs is 6. The molecule has 0 spiro atoms. The van der Waals surface area contributed by atoms with Gasteiger partial charge in [0.05, 0.1) is 22.4 Å². The van der Waals surface area contributed by atoms with E-state index in [0.717, 1.165) is 42.5 Å². The largest absolute Gasteiger partial charge is 0.326 e. The minimum absolute atomic E-state index is 0.606. The van der Waals surface area contributed by atoms with Gasteiger partial charge in [-0.3, -0.25) is 5.84 Å². The highest BCUT2D eigenvalue weighted by atomic mass is 15.2. The third kappa shape index (κ3) is 15.8. The maximum Gasteiger partial charge on any atom is 0.0538 e. The first-order valence-corrected chi connectivity index (χ1v) is 29.2. The quantitative estimate of drug-likeness (QED) is 0.0523. The van der Waals surface area contributed by atoms with E-state index in [9.17, 15) is 0 Å². The summed E-state index contributed by atoms with van der Waals surface area (Å²) in [4.78, 5) is 0. The zero-order valence-corrected chi connectivity index (χ0v) is 49.8. The first kappa shape index (κ1) is 61.4. The number of aromatic nitrogens is 2. The molecular formula is C78H83N5. The van der Waals surface area contributed by atoms with Crippen LogP contribution in [0.1, 0.15) is 99.2 Å². The molecule has 2 aromatic heterocycles. The highest BCUT2D eigenvalue weighted by Gasteiger charge is 2.24. The van der Waals surface area contributed by atoms with Crippen LogP contribution >= 0.6 is 0 Å². The van der Waals surface area contributed by atoms with Crippen molar-refractivity contribution in [1.82, 2.24) is 14.6 Å². The molecular weight excluding hydrogens is 1010 g/mol. The molecule has 0 aliphatic heterocycles. The van der Waals surface area contributed by atoms with Crippen molar-refractivity contribution in [3.05, 3.63) is 312 Å². The molecule has 5 N–H and O–H groups in total. The van der Waals surface area contributed by atoms with E-state index in [1.165, 1.54) is 100 Å². The van der Waals surface area contributed by atoms with Gasteiger partial charge in [0, 0.05) is 39.9 Å². The Morgan fingerprint density at radius 2 is 1.18 bits per heavy atom. The molecule has 8 aromatic carbocycles. The lowest BCUT2D eigenvalue weighted by atomic mass is 9.90. The fraction of sp³-hybridized carbons (Fsp3) is 0.154. The number of aryl methyl sites for hydroxylation is 1. The normalized spacial score (nSPS) is 12.0. The van der Waals surface area contributed by atoms with Crippen molar-refractivity contribution < 1.29 is 0 Å². The number of nitrogens with one attached hydrogen (secondary N) is 1. The number of rotatable bonds is 11. The van der Waals surface area contributed by atoms with Crippen molar-refractivity contribution >= 4 is 45.2 Å². The fourth-order valence-corrected chi connectivity index (χ4v) is 10.2. The van der Waals surface area contributed by atoms with Crippen LogP contribution in [0.5, 0.6) is 0 Å². The van der Waals surface area contributed by atoms with Crippen LogP contribution in [0.15, 0.2) is 268 Å². The maximum atomic E-state index is 5.54. The van der Waals surface area contributed by atoms with Gasteiger partial charge in [-0.05, 0) is 164 Å². The smallest absolute Gasteiger partial charge is 0.0538 e. The Hall–Kier alpha value is -9.26. The van der Waals surface area contributed by atoms with Crippen molar-refractivity contribution in [3.63, 3.8) is 0 Å². The topological polar surface area (TPSA) is 73.9 Å². The van der Waals surface area contributed by atoms with Gasteiger partial charge in [0.2, 0.25) is 0 Å². The number of hydrogen-bond donors (Lipinski definition) is 3. The number of nitrogens with zero attached hydrogens (tertiary/aromatic N) is 2. The molecule has 0 amide bonds. The van der Waals surface area contributed by atoms with E-state index in [-0.39, 0.29) is 0 Å². The van der Waals surface area contributed by atoms with Crippen LogP contribution in [0.3, 0.4) is 0 Å². The summed E-state index contributed by atoms with van der Waals surface area (Å²) in [5.74, 6) is 5.45. The fourth-order valence-electron chi connectivity index (χ4n) is 10.2. The summed E-state index contributed by atoms with van der Waals surface area (Å²) < 4.78 is 4.90. The van der Waals surface area contributed by atoms with Gasteiger partial charge in [-0.2, -0.15) is 0 Å². The van der Waals surface area contributed by atoms with Gasteiger partial charge in [-0.1, -0.05) is 239 Å². The summed E-state index contributed by atoms with van der Waals surface area (Å²) in [7, 11) is 0. The van der Waals surface area contributed by atoms with Gasteiger partial charge >= 0.3 is 0 Å². The molecule has 12 rings (SSSR count). The number of allylic oxidation sites excluding steroid dienone is 9. The Balaban J connectivity index is 0.000000182. The van der Waals surface area contributed by atoms with Gasteiger partial charge in [0.15, 0.2) is 0 Å². The third-order valence-corrected chi connectivity index (χ3v) is 14.3. The minimum Gasteiger partial charge on any atom is -0.326 e. The zero-order chi connectivity index (χ0) is 58.9. The lowest BCUT2D eigenvalue weighted by Crippen LogP contribution is -2.19. The van der Waals surface area contributed by atoms with Gasteiger partial charge in [0.25, 0.3) is 0 Å². The summed E-state index contributed by atoms with van der Waals surface area (Å²) in [5, 5.41) is 2.71. The first-order chi connectivity index (χ1) is 40.7. The molecule has 0 bridgehead atoms. The summed E-state index contributed by atoms with van der Waals surface area (Å²) >= 11 is 0. The van der Waals surface area contributed by atoms with Crippen molar-refractivity contribution in [2.24, 2.45) is 11.6 Å². The van der Waals surface area contributed by atoms with E-state index in [4.69, 9.17) is 11.6 Å². The summed E-state index contributed by atoms with van der Waals surface area (Å²) in [5.41, 5.74) is 32.1. The molecule has 0 saturated heterocycles. The van der Waals surface area contributed by atoms with Crippen LogP contribution < -0.4 is 17.0 Å². The van der Waals surface area contributed by atoms with Gasteiger partial charge in [-0.25, -0.2) is 0 Å². The summed E-state index contributed by atoms with van der Waals surface area (Å²) in [6.07, 6.45) is 22.9. The lowest BCUT2D eigenvalue weighted by Gasteiger charge is -2.18. The predicted molar refractivity (Wildman–Crippen MR) is 363 cm³/mol. The second kappa shape index (κ2) is 31.7. The van der Waals surface area contributed by atoms with Crippen LogP contribution in [0.25, 0.3) is 78.9 Å². The number of hydrogen-bond acceptors (Lipinski definition) is 3. The first-order valence-electron chi connectivity index (χ1n) is 29.2. The molecule has 5 heteroatoms. The number of benzene rings is 8. The number of nitrogens with two attached hydrogens (primary N) is 2. The van der Waals surface area contributed by atoms with Gasteiger partial charge < -0.3 is 20.3 Å². The molecule has 0 fully saturated rings. The molecule has 2 aliphatic rings. The van der Waals surface area contributed by atoms with Crippen molar-refractivity contribution in [3.8, 4) is 33.6 Å². The molecule has 420 valence electrons. The van der Waals surface area contributed by atoms with E-state index in [1.54, 1.807) is 0 Å². The molecule has 0 saturated carbocycles. The number of para-hydroxylation sites is 2. The maximum absolute atomic E-state index is 5.54. The van der Waals surface area contributed by atoms with Gasteiger partial charge in [0.1, 0.15) is 0 Å². The molecule has 0 unspecified atom stereocenters. The molecule has 10 aromatic rings. The molecule has 2 heterocycles. The molecule has 2 aliphatic carbocycles. The van der Waals surface area contributed by atoms with Crippen LogP contribution in [0.4, 0.5) is 0 Å². The summed E-state index contributed by atoms with van der Waals surface area (Å²) in [6, 6.07) is 72.9. The standard InChI is InChI=1S/C36H28N2.C15H16N2.C13H13N.C8H12.C4H8.C2H6/c1-24-9-7-12-28(21-24)38-33-15-6-5-13-29(33)31-22-26(18-20-36(31)38)25-17-19-35-32(23-25)30-14-8-16-34(30)37(35)27-10-3-2-4-11-27;1-2-15(17-16)14-10-8-13(9-11-14)12-6-4-3-5-7-12;14-10-11-6-8-13(9-7-11)12-4-2-1-3-5-12;1-4-5-6-7-8(2)3;1-3-4-2;1-2/h2-13,15-17,19,21-23H,14,18,20H2,1H3;2-11,17H,16H2,1H3;1-9H,10,14H2;4-7H,2H2,1,3H3;3H,1,4H2,2H3;1-2H3/b;15-2-;;5-4-,7-6-;;. The number of hydrazine groups is 1. The van der Waals surface area contributed by atoms with E-state index < -0.39 is 0 Å². The summed E-state index contributed by atoms with van der Waals surface area (Å²) in [6.45, 7) is 21.9. The highest BCUT2D eigenvalue weighted by Crippen LogP contribution is 2.41. The Kier molecular flexibility index (Phi) is 23.4. The molecule has 83 heavy (non-hydrogen) atoms. The van der Waals surface area contributed by atoms with Crippen LogP contribution in [-0.4, -0.2) is 9.13 Å². The minimum atomic E-state index is 0.606. The average molecular weight is 1090 g/mol. The van der Waals surface area contributed by atoms with Gasteiger partial charge in [-0.15, -0.1) is 6.58 Å². The van der Waals surface area contributed by atoms with E-state index in [0.29, 0.717) is 6.54 Å².